The lowest BCUT2D eigenvalue weighted by Crippen LogP contribution is -2.21. The van der Waals surface area contributed by atoms with Gasteiger partial charge in [0.15, 0.2) is 0 Å². The van der Waals surface area contributed by atoms with Gasteiger partial charge < -0.3 is 4.42 Å². The van der Waals surface area contributed by atoms with Gasteiger partial charge in [0.1, 0.15) is 0 Å². The first-order valence-corrected chi connectivity index (χ1v) is 6.52. The lowest BCUT2D eigenvalue weighted by molar-refractivity contribution is 0.0537. The highest BCUT2D eigenvalue weighted by atomic mass is 16.6. The largest absolute Gasteiger partial charge is 0.403 e. The number of benzene rings is 2. The molecule has 2 aromatic carbocycles. The minimum Gasteiger partial charge on any atom is -0.403 e. The summed E-state index contributed by atoms with van der Waals surface area (Å²) in [7, 11) is 1.35. The van der Waals surface area contributed by atoms with E-state index in [0.717, 1.165) is 0 Å². The van der Waals surface area contributed by atoms with Crippen LogP contribution in [-0.4, -0.2) is 18.0 Å². The van der Waals surface area contributed by atoms with Crippen LogP contribution in [0.2, 0.25) is 0 Å². The predicted molar refractivity (Wildman–Crippen MR) is 80.2 cm³/mol. The number of fused-ring (bicyclic) bond motifs is 1. The SMILES string of the molecule is CONC(=O)c1cccc(-c2nc3ccccc3c(=O)o2)c1. The first kappa shape index (κ1) is 14.0. The maximum atomic E-state index is 12.0. The Labute approximate surface area is 125 Å². The average Bonchev–Trinajstić information content (AvgIpc) is 2.55. The second kappa shape index (κ2) is 5.79. The van der Waals surface area contributed by atoms with Gasteiger partial charge in [-0.2, -0.15) is 0 Å². The molecule has 1 amide bonds. The molecule has 1 N–H and O–H groups in total. The Morgan fingerprint density at radius 3 is 2.82 bits per heavy atom. The minimum absolute atomic E-state index is 0.163. The summed E-state index contributed by atoms with van der Waals surface area (Å²) in [5.41, 5.74) is 3.21. The van der Waals surface area contributed by atoms with Gasteiger partial charge in [0.25, 0.3) is 5.91 Å². The fraction of sp³-hybridized carbons (Fsp3) is 0.0625. The van der Waals surface area contributed by atoms with Crippen molar-refractivity contribution < 1.29 is 14.0 Å². The highest BCUT2D eigenvalue weighted by Gasteiger charge is 2.11. The molecule has 0 aliphatic heterocycles. The van der Waals surface area contributed by atoms with Crippen LogP contribution in [0.1, 0.15) is 10.4 Å². The van der Waals surface area contributed by atoms with Crippen molar-refractivity contribution >= 4 is 16.8 Å². The molecule has 1 aromatic heterocycles. The average molecular weight is 296 g/mol. The van der Waals surface area contributed by atoms with Gasteiger partial charge in [-0.3, -0.25) is 9.63 Å². The molecule has 1 heterocycles. The molecule has 3 rings (SSSR count). The lowest BCUT2D eigenvalue weighted by atomic mass is 10.1. The maximum Gasteiger partial charge on any atom is 0.347 e. The van der Waals surface area contributed by atoms with E-state index in [0.29, 0.717) is 22.0 Å². The quantitative estimate of drug-likeness (QED) is 0.749. The van der Waals surface area contributed by atoms with Crippen LogP contribution in [0, 0.1) is 0 Å². The van der Waals surface area contributed by atoms with Crippen molar-refractivity contribution in [3.63, 3.8) is 0 Å². The zero-order chi connectivity index (χ0) is 15.5. The lowest BCUT2D eigenvalue weighted by Gasteiger charge is -2.05. The van der Waals surface area contributed by atoms with Crippen LogP contribution in [0.15, 0.2) is 57.7 Å². The molecule has 0 aliphatic rings. The Morgan fingerprint density at radius 2 is 2.00 bits per heavy atom. The zero-order valence-corrected chi connectivity index (χ0v) is 11.7. The topological polar surface area (TPSA) is 81.4 Å². The number of carbonyl (C=O) groups is 1. The molecular weight excluding hydrogens is 284 g/mol. The number of nitrogens with one attached hydrogen (secondary N) is 1. The van der Waals surface area contributed by atoms with E-state index >= 15 is 0 Å². The highest BCUT2D eigenvalue weighted by molar-refractivity contribution is 5.94. The summed E-state index contributed by atoms with van der Waals surface area (Å²) in [6, 6.07) is 13.5. The number of hydroxylamine groups is 1. The highest BCUT2D eigenvalue weighted by Crippen LogP contribution is 2.19. The molecular formula is C16H12N2O4. The molecule has 0 fully saturated rings. The van der Waals surface area contributed by atoms with Gasteiger partial charge >= 0.3 is 5.63 Å². The molecule has 0 aliphatic carbocycles. The van der Waals surface area contributed by atoms with Gasteiger partial charge in [-0.15, -0.1) is 0 Å². The van der Waals surface area contributed by atoms with Crippen LogP contribution in [0.25, 0.3) is 22.4 Å². The van der Waals surface area contributed by atoms with Gasteiger partial charge in [0.2, 0.25) is 5.89 Å². The fourth-order valence-corrected chi connectivity index (χ4v) is 2.09. The first-order valence-electron chi connectivity index (χ1n) is 6.52. The number of rotatable bonds is 3. The van der Waals surface area contributed by atoms with Crippen molar-refractivity contribution in [2.75, 3.05) is 7.11 Å². The van der Waals surface area contributed by atoms with Crippen LogP contribution >= 0.6 is 0 Å². The summed E-state index contributed by atoms with van der Waals surface area (Å²) < 4.78 is 5.24. The zero-order valence-electron chi connectivity index (χ0n) is 11.7. The number of amides is 1. The van der Waals surface area contributed by atoms with E-state index < -0.39 is 11.5 Å². The molecule has 3 aromatic rings. The Hall–Kier alpha value is -2.99. The van der Waals surface area contributed by atoms with Gasteiger partial charge in [-0.05, 0) is 30.3 Å². The molecule has 6 heteroatoms. The summed E-state index contributed by atoms with van der Waals surface area (Å²) in [6.07, 6.45) is 0. The molecule has 0 unspecified atom stereocenters. The Bertz CT molecular complexity index is 902. The normalized spacial score (nSPS) is 10.6. The van der Waals surface area contributed by atoms with E-state index in [2.05, 4.69) is 15.3 Å². The Morgan fingerprint density at radius 1 is 1.18 bits per heavy atom. The van der Waals surface area contributed by atoms with Crippen molar-refractivity contribution in [2.45, 2.75) is 0 Å². The van der Waals surface area contributed by atoms with Gasteiger partial charge in [-0.25, -0.2) is 15.3 Å². The summed E-state index contributed by atoms with van der Waals surface area (Å²) in [6.45, 7) is 0. The Kier molecular flexibility index (Phi) is 3.67. The number of aromatic nitrogens is 1. The summed E-state index contributed by atoms with van der Waals surface area (Å²) in [4.78, 5) is 32.7. The summed E-state index contributed by atoms with van der Waals surface area (Å²) in [5, 5.41) is 0.416. The Balaban J connectivity index is 2.10. The van der Waals surface area contributed by atoms with Crippen molar-refractivity contribution in [2.24, 2.45) is 0 Å². The van der Waals surface area contributed by atoms with E-state index in [1.807, 2.05) is 0 Å². The standard InChI is InChI=1S/C16H12N2O4/c1-21-18-14(19)10-5-4-6-11(9-10)15-17-13-8-3-2-7-12(13)16(20)22-15/h2-9H,1H3,(H,18,19). The number of hydrogen-bond acceptors (Lipinski definition) is 5. The van der Waals surface area contributed by atoms with Gasteiger partial charge in [-0.1, -0.05) is 18.2 Å². The van der Waals surface area contributed by atoms with Crippen LogP contribution < -0.4 is 11.1 Å². The van der Waals surface area contributed by atoms with Crippen molar-refractivity contribution in [1.29, 1.82) is 0 Å². The van der Waals surface area contributed by atoms with Crippen LogP contribution in [-0.2, 0) is 4.84 Å². The number of para-hydroxylation sites is 1. The van der Waals surface area contributed by atoms with Crippen molar-refractivity contribution in [3.05, 3.63) is 64.5 Å². The first-order chi connectivity index (χ1) is 10.7. The molecule has 0 atom stereocenters. The molecule has 110 valence electrons. The molecule has 0 saturated heterocycles. The van der Waals surface area contributed by atoms with E-state index in [9.17, 15) is 9.59 Å². The molecule has 22 heavy (non-hydrogen) atoms. The third-order valence-electron chi connectivity index (χ3n) is 3.10. The second-order valence-electron chi connectivity index (χ2n) is 4.54. The smallest absolute Gasteiger partial charge is 0.347 e. The summed E-state index contributed by atoms with van der Waals surface area (Å²) >= 11 is 0. The monoisotopic (exact) mass is 296 g/mol. The molecule has 0 spiro atoms. The maximum absolute atomic E-state index is 12.0. The number of carbonyl (C=O) groups excluding carboxylic acids is 1. The van der Waals surface area contributed by atoms with Crippen LogP contribution in [0.4, 0.5) is 0 Å². The molecule has 0 radical (unpaired) electrons. The van der Waals surface area contributed by atoms with Crippen LogP contribution in [0.3, 0.4) is 0 Å². The van der Waals surface area contributed by atoms with Crippen molar-refractivity contribution in [1.82, 2.24) is 10.5 Å². The molecule has 0 bridgehead atoms. The second-order valence-corrected chi connectivity index (χ2v) is 4.54. The van der Waals surface area contributed by atoms with Gasteiger partial charge in [0.05, 0.1) is 18.0 Å². The van der Waals surface area contributed by atoms with E-state index in [-0.39, 0.29) is 5.89 Å². The third kappa shape index (κ3) is 2.59. The van der Waals surface area contributed by atoms with Crippen LogP contribution in [0.5, 0.6) is 0 Å². The third-order valence-corrected chi connectivity index (χ3v) is 3.10. The minimum atomic E-state index is -0.465. The van der Waals surface area contributed by atoms with E-state index in [1.54, 1.807) is 48.5 Å². The molecule has 6 nitrogen and oxygen atoms in total. The fourth-order valence-electron chi connectivity index (χ4n) is 2.09. The van der Waals surface area contributed by atoms with Gasteiger partial charge in [0, 0.05) is 11.1 Å². The van der Waals surface area contributed by atoms with E-state index in [1.165, 1.54) is 7.11 Å². The number of hydrogen-bond donors (Lipinski definition) is 1. The van der Waals surface area contributed by atoms with Crippen molar-refractivity contribution in [3.8, 4) is 11.5 Å². The predicted octanol–water partition coefficient (Wildman–Crippen LogP) is 2.15. The summed E-state index contributed by atoms with van der Waals surface area (Å²) in [5.74, 6) is -0.233. The molecule has 0 saturated carbocycles. The number of nitrogens with zero attached hydrogens (tertiary/aromatic N) is 1. The van der Waals surface area contributed by atoms with E-state index in [4.69, 9.17) is 4.42 Å².